The van der Waals surface area contributed by atoms with Crippen LogP contribution in [-0.2, 0) is 13.0 Å². The van der Waals surface area contributed by atoms with Crippen LogP contribution in [0.5, 0.6) is 0 Å². The molecule has 26 heavy (non-hydrogen) atoms. The molecular formula is C23H30N2O. The molecule has 1 fully saturated rings. The normalized spacial score (nSPS) is 16.2. The Morgan fingerprint density at radius 1 is 0.962 bits per heavy atom. The summed E-state index contributed by atoms with van der Waals surface area (Å²) in [5.74, 6) is 0.0232. The van der Waals surface area contributed by atoms with Gasteiger partial charge in [0.1, 0.15) is 0 Å². The Hall–Kier alpha value is -2.13. The highest BCUT2D eigenvalue weighted by Crippen LogP contribution is 2.14. The first-order valence-corrected chi connectivity index (χ1v) is 9.87. The van der Waals surface area contributed by atoms with E-state index in [1.165, 1.54) is 43.5 Å². The lowest BCUT2D eigenvalue weighted by atomic mass is 10.1. The Morgan fingerprint density at radius 2 is 1.65 bits per heavy atom. The zero-order valence-electron chi connectivity index (χ0n) is 15.8. The van der Waals surface area contributed by atoms with Gasteiger partial charge in [0.25, 0.3) is 5.91 Å². The molecule has 0 aromatic heterocycles. The maximum Gasteiger partial charge on any atom is 0.251 e. The smallest absolute Gasteiger partial charge is 0.251 e. The number of hydrogen-bond donors (Lipinski definition) is 1. The van der Waals surface area contributed by atoms with Gasteiger partial charge in [0.05, 0.1) is 0 Å². The molecule has 1 aliphatic rings. The first-order chi connectivity index (χ1) is 12.7. The molecule has 138 valence electrons. The van der Waals surface area contributed by atoms with Crippen LogP contribution in [0, 0.1) is 0 Å². The quantitative estimate of drug-likeness (QED) is 0.801. The number of rotatable bonds is 7. The summed E-state index contributed by atoms with van der Waals surface area (Å²) in [6.45, 7) is 5.46. The molecule has 1 amide bonds. The molecule has 1 N–H and O–H groups in total. The number of aryl methyl sites for hydroxylation is 1. The first kappa shape index (κ1) is 18.7. The molecule has 0 saturated carbocycles. The van der Waals surface area contributed by atoms with E-state index >= 15 is 0 Å². The standard InChI is InChI=1S/C23H30N2O/c1-19(10-11-20-8-4-2-5-9-20)24-23(26)22-14-12-21(13-15-22)18-25-16-6-3-7-17-25/h2,4-5,8-9,12-15,19H,3,6-7,10-11,16-18H2,1H3,(H,24,26)/t19-/m0/s1. The Labute approximate surface area is 157 Å². The van der Waals surface area contributed by atoms with Crippen molar-refractivity contribution in [2.75, 3.05) is 13.1 Å². The minimum Gasteiger partial charge on any atom is -0.350 e. The third-order valence-corrected chi connectivity index (χ3v) is 5.16. The summed E-state index contributed by atoms with van der Waals surface area (Å²) in [4.78, 5) is 15.0. The van der Waals surface area contributed by atoms with Crippen molar-refractivity contribution in [2.45, 2.75) is 51.6 Å². The number of carbonyl (C=O) groups excluding carboxylic acids is 1. The topological polar surface area (TPSA) is 32.3 Å². The molecule has 1 saturated heterocycles. The lowest BCUT2D eigenvalue weighted by molar-refractivity contribution is 0.0938. The van der Waals surface area contributed by atoms with E-state index in [4.69, 9.17) is 0 Å². The fourth-order valence-corrected chi connectivity index (χ4v) is 3.54. The highest BCUT2D eigenvalue weighted by molar-refractivity contribution is 5.94. The third kappa shape index (κ3) is 5.70. The van der Waals surface area contributed by atoms with Crippen LogP contribution in [0.2, 0.25) is 0 Å². The van der Waals surface area contributed by atoms with Crippen molar-refractivity contribution in [1.82, 2.24) is 10.2 Å². The minimum absolute atomic E-state index is 0.0232. The SMILES string of the molecule is C[C@@H](CCc1ccccc1)NC(=O)c1ccc(CN2CCCCC2)cc1. The summed E-state index contributed by atoms with van der Waals surface area (Å²) >= 11 is 0. The van der Waals surface area contributed by atoms with Crippen LogP contribution in [0.15, 0.2) is 54.6 Å². The van der Waals surface area contributed by atoms with E-state index in [1.807, 2.05) is 18.2 Å². The Bertz CT molecular complexity index is 675. The molecular weight excluding hydrogens is 320 g/mol. The Balaban J connectivity index is 1.46. The van der Waals surface area contributed by atoms with Gasteiger partial charge >= 0.3 is 0 Å². The van der Waals surface area contributed by atoms with Gasteiger partial charge in [0, 0.05) is 18.2 Å². The van der Waals surface area contributed by atoms with Crippen LogP contribution in [0.3, 0.4) is 0 Å². The van der Waals surface area contributed by atoms with Crippen molar-refractivity contribution in [1.29, 1.82) is 0 Å². The predicted molar refractivity (Wildman–Crippen MR) is 107 cm³/mol. The minimum atomic E-state index is 0.0232. The summed E-state index contributed by atoms with van der Waals surface area (Å²) in [6.07, 6.45) is 5.90. The van der Waals surface area contributed by atoms with Crippen LogP contribution in [0.25, 0.3) is 0 Å². The molecule has 0 aliphatic carbocycles. The summed E-state index contributed by atoms with van der Waals surface area (Å²) in [5, 5.41) is 3.12. The van der Waals surface area contributed by atoms with E-state index in [9.17, 15) is 4.79 Å². The molecule has 3 heteroatoms. The van der Waals surface area contributed by atoms with E-state index in [1.54, 1.807) is 0 Å². The summed E-state index contributed by atoms with van der Waals surface area (Å²) in [5.41, 5.74) is 3.36. The molecule has 3 rings (SSSR count). The number of nitrogens with one attached hydrogen (secondary N) is 1. The zero-order valence-corrected chi connectivity index (χ0v) is 15.8. The second-order valence-corrected chi connectivity index (χ2v) is 7.43. The van der Waals surface area contributed by atoms with Gasteiger partial charge in [-0.1, -0.05) is 48.9 Å². The molecule has 1 atom stereocenters. The highest BCUT2D eigenvalue weighted by Gasteiger charge is 2.12. The van der Waals surface area contributed by atoms with Crippen LogP contribution in [0.4, 0.5) is 0 Å². The van der Waals surface area contributed by atoms with Crippen molar-refractivity contribution in [3.8, 4) is 0 Å². The average Bonchev–Trinajstić information content (AvgIpc) is 2.68. The van der Waals surface area contributed by atoms with E-state index in [2.05, 4.69) is 53.5 Å². The molecule has 0 unspecified atom stereocenters. The second kappa shape index (κ2) is 9.54. The molecule has 1 heterocycles. The van der Waals surface area contributed by atoms with E-state index in [0.29, 0.717) is 0 Å². The van der Waals surface area contributed by atoms with Gasteiger partial charge in [-0.25, -0.2) is 0 Å². The molecule has 0 bridgehead atoms. The van der Waals surface area contributed by atoms with Gasteiger partial charge in [0.2, 0.25) is 0 Å². The van der Waals surface area contributed by atoms with Crippen molar-refractivity contribution >= 4 is 5.91 Å². The van der Waals surface area contributed by atoms with E-state index in [-0.39, 0.29) is 11.9 Å². The number of nitrogens with zero attached hydrogens (tertiary/aromatic N) is 1. The fourth-order valence-electron chi connectivity index (χ4n) is 3.54. The van der Waals surface area contributed by atoms with Crippen molar-refractivity contribution < 1.29 is 4.79 Å². The highest BCUT2D eigenvalue weighted by atomic mass is 16.1. The number of amides is 1. The van der Waals surface area contributed by atoms with Crippen LogP contribution >= 0.6 is 0 Å². The number of hydrogen-bond acceptors (Lipinski definition) is 2. The number of likely N-dealkylation sites (tertiary alicyclic amines) is 1. The Morgan fingerprint density at radius 3 is 2.35 bits per heavy atom. The maximum atomic E-state index is 12.4. The van der Waals surface area contributed by atoms with E-state index in [0.717, 1.165) is 24.9 Å². The maximum absolute atomic E-state index is 12.4. The molecule has 3 nitrogen and oxygen atoms in total. The number of benzene rings is 2. The average molecular weight is 351 g/mol. The van der Waals surface area contributed by atoms with Crippen LogP contribution < -0.4 is 5.32 Å². The molecule has 2 aromatic rings. The van der Waals surface area contributed by atoms with E-state index < -0.39 is 0 Å². The molecule has 2 aromatic carbocycles. The predicted octanol–water partition coefficient (Wildman–Crippen LogP) is 4.42. The van der Waals surface area contributed by atoms with Crippen molar-refractivity contribution in [3.05, 3.63) is 71.3 Å². The lowest BCUT2D eigenvalue weighted by Crippen LogP contribution is -2.33. The van der Waals surface area contributed by atoms with Crippen LogP contribution in [0.1, 0.15) is 54.1 Å². The van der Waals surface area contributed by atoms with Gasteiger partial charge in [-0.3, -0.25) is 9.69 Å². The van der Waals surface area contributed by atoms with Crippen molar-refractivity contribution in [2.24, 2.45) is 0 Å². The largest absolute Gasteiger partial charge is 0.350 e. The van der Waals surface area contributed by atoms with Gasteiger partial charge in [-0.2, -0.15) is 0 Å². The summed E-state index contributed by atoms with van der Waals surface area (Å²) in [6, 6.07) is 18.7. The van der Waals surface area contributed by atoms with Gasteiger partial charge in [-0.15, -0.1) is 0 Å². The lowest BCUT2D eigenvalue weighted by Gasteiger charge is -2.26. The van der Waals surface area contributed by atoms with Gasteiger partial charge in [-0.05, 0) is 69.0 Å². The van der Waals surface area contributed by atoms with Gasteiger partial charge < -0.3 is 5.32 Å². The molecule has 0 spiro atoms. The monoisotopic (exact) mass is 350 g/mol. The number of carbonyl (C=O) groups is 1. The first-order valence-electron chi connectivity index (χ1n) is 9.87. The summed E-state index contributed by atoms with van der Waals surface area (Å²) < 4.78 is 0. The second-order valence-electron chi connectivity index (χ2n) is 7.43. The van der Waals surface area contributed by atoms with Gasteiger partial charge in [0.15, 0.2) is 0 Å². The number of piperidine rings is 1. The molecule has 0 radical (unpaired) electrons. The zero-order chi connectivity index (χ0) is 18.2. The third-order valence-electron chi connectivity index (χ3n) is 5.16. The van der Waals surface area contributed by atoms with Crippen LogP contribution in [-0.4, -0.2) is 29.9 Å². The summed E-state index contributed by atoms with van der Waals surface area (Å²) in [7, 11) is 0. The molecule has 1 aliphatic heterocycles. The Kier molecular flexibility index (Phi) is 6.84. The fraction of sp³-hybridized carbons (Fsp3) is 0.435. The van der Waals surface area contributed by atoms with Crippen molar-refractivity contribution in [3.63, 3.8) is 0 Å².